The van der Waals surface area contributed by atoms with Gasteiger partial charge in [-0.2, -0.15) is 0 Å². The SMILES string of the molecule is O=C1CO[C@]2(CCNC2)CN1Cc1ccccc1. The first-order valence-corrected chi connectivity index (χ1v) is 6.44. The molecule has 0 aromatic heterocycles. The molecule has 4 nitrogen and oxygen atoms in total. The lowest BCUT2D eigenvalue weighted by Gasteiger charge is -2.39. The van der Waals surface area contributed by atoms with Gasteiger partial charge in [0.2, 0.25) is 5.91 Å². The molecule has 2 aliphatic rings. The van der Waals surface area contributed by atoms with Crippen molar-refractivity contribution in [3.63, 3.8) is 0 Å². The van der Waals surface area contributed by atoms with Gasteiger partial charge in [-0.3, -0.25) is 4.79 Å². The van der Waals surface area contributed by atoms with E-state index in [0.717, 1.165) is 19.5 Å². The molecule has 2 saturated heterocycles. The van der Waals surface area contributed by atoms with Crippen LogP contribution in [0.4, 0.5) is 0 Å². The van der Waals surface area contributed by atoms with Gasteiger partial charge in [-0.1, -0.05) is 30.3 Å². The highest BCUT2D eigenvalue weighted by molar-refractivity contribution is 5.78. The summed E-state index contributed by atoms with van der Waals surface area (Å²) >= 11 is 0. The predicted octanol–water partition coefficient (Wildman–Crippen LogP) is 0.778. The molecule has 1 atom stereocenters. The Hall–Kier alpha value is -1.39. The third kappa shape index (κ3) is 2.26. The molecule has 0 saturated carbocycles. The van der Waals surface area contributed by atoms with Crippen molar-refractivity contribution in [2.45, 2.75) is 18.6 Å². The van der Waals surface area contributed by atoms with E-state index in [1.807, 2.05) is 23.1 Å². The number of benzene rings is 1. The van der Waals surface area contributed by atoms with Crippen LogP contribution in [0.3, 0.4) is 0 Å². The minimum Gasteiger partial charge on any atom is -0.362 e. The molecule has 1 aromatic rings. The first kappa shape index (κ1) is 11.7. The third-order valence-electron chi connectivity index (χ3n) is 3.75. The quantitative estimate of drug-likeness (QED) is 0.838. The molecule has 18 heavy (non-hydrogen) atoms. The van der Waals surface area contributed by atoms with Gasteiger partial charge in [0.05, 0.1) is 12.1 Å². The van der Waals surface area contributed by atoms with Gasteiger partial charge in [-0.25, -0.2) is 0 Å². The number of ether oxygens (including phenoxy) is 1. The van der Waals surface area contributed by atoms with E-state index in [-0.39, 0.29) is 18.1 Å². The minimum atomic E-state index is -0.150. The number of hydrogen-bond acceptors (Lipinski definition) is 3. The van der Waals surface area contributed by atoms with E-state index in [0.29, 0.717) is 13.1 Å². The summed E-state index contributed by atoms with van der Waals surface area (Å²) in [4.78, 5) is 13.8. The highest BCUT2D eigenvalue weighted by Gasteiger charge is 2.41. The summed E-state index contributed by atoms with van der Waals surface area (Å²) in [6, 6.07) is 10.1. The maximum atomic E-state index is 11.9. The van der Waals surface area contributed by atoms with Crippen LogP contribution in [-0.2, 0) is 16.1 Å². The van der Waals surface area contributed by atoms with Gasteiger partial charge in [-0.05, 0) is 18.5 Å². The molecule has 1 N–H and O–H groups in total. The van der Waals surface area contributed by atoms with Crippen LogP contribution in [0.25, 0.3) is 0 Å². The van der Waals surface area contributed by atoms with E-state index in [1.165, 1.54) is 5.56 Å². The van der Waals surface area contributed by atoms with Crippen molar-refractivity contribution in [3.8, 4) is 0 Å². The van der Waals surface area contributed by atoms with Crippen LogP contribution in [0.2, 0.25) is 0 Å². The zero-order valence-corrected chi connectivity index (χ0v) is 10.4. The number of carbonyl (C=O) groups is 1. The minimum absolute atomic E-state index is 0.0939. The van der Waals surface area contributed by atoms with E-state index < -0.39 is 0 Å². The molecule has 4 heteroatoms. The largest absolute Gasteiger partial charge is 0.362 e. The van der Waals surface area contributed by atoms with E-state index in [1.54, 1.807) is 0 Å². The average molecular weight is 246 g/mol. The summed E-state index contributed by atoms with van der Waals surface area (Å²) in [6.07, 6.45) is 0.992. The molecule has 1 aromatic carbocycles. The Kier molecular flexibility index (Phi) is 3.06. The molecule has 0 aliphatic carbocycles. The molecule has 1 amide bonds. The highest BCUT2D eigenvalue weighted by Crippen LogP contribution is 2.26. The molecule has 0 unspecified atom stereocenters. The first-order chi connectivity index (χ1) is 8.77. The lowest BCUT2D eigenvalue weighted by atomic mass is 10.00. The van der Waals surface area contributed by atoms with Gasteiger partial charge in [-0.15, -0.1) is 0 Å². The van der Waals surface area contributed by atoms with E-state index in [9.17, 15) is 4.79 Å². The van der Waals surface area contributed by atoms with Crippen LogP contribution >= 0.6 is 0 Å². The number of nitrogens with one attached hydrogen (secondary N) is 1. The number of rotatable bonds is 2. The number of nitrogens with zero attached hydrogens (tertiary/aromatic N) is 1. The van der Waals surface area contributed by atoms with Gasteiger partial charge in [0.1, 0.15) is 6.61 Å². The summed E-state index contributed by atoms with van der Waals surface area (Å²) in [5.41, 5.74) is 1.02. The van der Waals surface area contributed by atoms with Crippen LogP contribution in [0.5, 0.6) is 0 Å². The number of hydrogen-bond donors (Lipinski definition) is 1. The van der Waals surface area contributed by atoms with Crippen LogP contribution in [0, 0.1) is 0 Å². The Bertz CT molecular complexity index is 427. The van der Waals surface area contributed by atoms with Gasteiger partial charge < -0.3 is 15.0 Å². The second-order valence-corrected chi connectivity index (χ2v) is 5.13. The number of amides is 1. The van der Waals surface area contributed by atoms with Gasteiger partial charge in [0.25, 0.3) is 0 Å². The van der Waals surface area contributed by atoms with E-state index in [4.69, 9.17) is 4.74 Å². The van der Waals surface area contributed by atoms with Gasteiger partial charge >= 0.3 is 0 Å². The molecule has 0 bridgehead atoms. The number of carbonyl (C=O) groups excluding carboxylic acids is 1. The van der Waals surface area contributed by atoms with Crippen LogP contribution in [-0.4, -0.2) is 42.6 Å². The van der Waals surface area contributed by atoms with Crippen LogP contribution < -0.4 is 5.32 Å². The molecule has 2 aliphatic heterocycles. The molecule has 2 fully saturated rings. The molecule has 1 spiro atoms. The van der Waals surface area contributed by atoms with Crippen molar-refractivity contribution >= 4 is 5.91 Å². The molecule has 2 heterocycles. The van der Waals surface area contributed by atoms with Gasteiger partial charge in [0.15, 0.2) is 0 Å². The maximum Gasteiger partial charge on any atom is 0.249 e. The zero-order valence-electron chi connectivity index (χ0n) is 10.4. The van der Waals surface area contributed by atoms with Crippen LogP contribution in [0.15, 0.2) is 30.3 Å². The van der Waals surface area contributed by atoms with E-state index >= 15 is 0 Å². The summed E-state index contributed by atoms with van der Waals surface area (Å²) in [7, 11) is 0. The van der Waals surface area contributed by atoms with E-state index in [2.05, 4.69) is 17.4 Å². The summed E-state index contributed by atoms with van der Waals surface area (Å²) in [5, 5.41) is 3.32. The summed E-state index contributed by atoms with van der Waals surface area (Å²) in [6.45, 7) is 3.44. The van der Waals surface area contributed by atoms with Crippen molar-refractivity contribution in [1.29, 1.82) is 0 Å². The normalized spacial score (nSPS) is 28.0. The Morgan fingerprint density at radius 2 is 2.17 bits per heavy atom. The Balaban J connectivity index is 1.72. The lowest BCUT2D eigenvalue weighted by molar-refractivity contribution is -0.161. The Morgan fingerprint density at radius 3 is 2.89 bits per heavy atom. The summed E-state index contributed by atoms with van der Waals surface area (Å²) in [5.74, 6) is 0.0939. The fraction of sp³-hybridized carbons (Fsp3) is 0.500. The van der Waals surface area contributed by atoms with Crippen molar-refractivity contribution < 1.29 is 9.53 Å². The fourth-order valence-electron chi connectivity index (χ4n) is 2.71. The Morgan fingerprint density at radius 1 is 1.33 bits per heavy atom. The standard InChI is InChI=1S/C14H18N2O2/c17-13-9-18-14(6-7-15-10-14)11-16(13)8-12-4-2-1-3-5-12/h1-5,15H,6-11H2/t14-/m0/s1. The van der Waals surface area contributed by atoms with Crippen molar-refractivity contribution in [1.82, 2.24) is 10.2 Å². The molecular formula is C14H18N2O2. The number of morpholine rings is 1. The fourth-order valence-corrected chi connectivity index (χ4v) is 2.71. The second-order valence-electron chi connectivity index (χ2n) is 5.13. The predicted molar refractivity (Wildman–Crippen MR) is 68.0 cm³/mol. The van der Waals surface area contributed by atoms with Crippen LogP contribution in [0.1, 0.15) is 12.0 Å². The molecular weight excluding hydrogens is 228 g/mol. The first-order valence-electron chi connectivity index (χ1n) is 6.44. The third-order valence-corrected chi connectivity index (χ3v) is 3.75. The maximum absolute atomic E-state index is 11.9. The highest BCUT2D eigenvalue weighted by atomic mass is 16.5. The average Bonchev–Trinajstić information content (AvgIpc) is 2.84. The van der Waals surface area contributed by atoms with Crippen molar-refractivity contribution in [3.05, 3.63) is 35.9 Å². The monoisotopic (exact) mass is 246 g/mol. The Labute approximate surface area is 107 Å². The lowest BCUT2D eigenvalue weighted by Crippen LogP contribution is -2.55. The van der Waals surface area contributed by atoms with Crippen molar-refractivity contribution in [2.75, 3.05) is 26.2 Å². The molecule has 0 radical (unpaired) electrons. The molecule has 96 valence electrons. The van der Waals surface area contributed by atoms with Crippen molar-refractivity contribution in [2.24, 2.45) is 0 Å². The smallest absolute Gasteiger partial charge is 0.249 e. The van der Waals surface area contributed by atoms with Gasteiger partial charge in [0, 0.05) is 13.1 Å². The summed E-state index contributed by atoms with van der Waals surface area (Å²) < 4.78 is 5.75. The second kappa shape index (κ2) is 4.71. The molecule has 3 rings (SSSR count). The zero-order chi connectivity index (χ0) is 12.4. The topological polar surface area (TPSA) is 41.6 Å².